The number of benzene rings is 1. The van der Waals surface area contributed by atoms with Crippen LogP contribution in [0.4, 0.5) is 0 Å². The summed E-state index contributed by atoms with van der Waals surface area (Å²) in [6, 6.07) is 5.94. The fourth-order valence-corrected chi connectivity index (χ4v) is 2.71. The number of carbonyl (C=O) groups is 2. The van der Waals surface area contributed by atoms with Crippen molar-refractivity contribution in [1.82, 2.24) is 10.0 Å². The molecule has 0 radical (unpaired) electrons. The van der Waals surface area contributed by atoms with Gasteiger partial charge in [-0.2, -0.15) is 0 Å². The Morgan fingerprint density at radius 3 is 2.60 bits per heavy atom. The van der Waals surface area contributed by atoms with E-state index < -0.39 is 27.9 Å². The highest BCUT2D eigenvalue weighted by atomic mass is 32.2. The second kappa shape index (κ2) is 8.28. The number of amides is 2. The highest BCUT2D eigenvalue weighted by Crippen LogP contribution is 2.19. The first kappa shape index (κ1) is 19.2. The highest BCUT2D eigenvalue weighted by molar-refractivity contribution is 7.88. The molecule has 1 aliphatic rings. The maximum absolute atomic E-state index is 11.9. The number of ether oxygens (including phenoxy) is 2. The van der Waals surface area contributed by atoms with Gasteiger partial charge < -0.3 is 20.5 Å². The minimum atomic E-state index is -3.44. The zero-order valence-corrected chi connectivity index (χ0v) is 14.5. The van der Waals surface area contributed by atoms with Crippen molar-refractivity contribution in [2.75, 3.05) is 26.0 Å². The predicted molar refractivity (Wildman–Crippen MR) is 89.6 cm³/mol. The van der Waals surface area contributed by atoms with Crippen LogP contribution in [0.2, 0.25) is 0 Å². The van der Waals surface area contributed by atoms with Crippen molar-refractivity contribution in [2.24, 2.45) is 5.73 Å². The molecule has 1 saturated heterocycles. The molecule has 0 spiro atoms. The van der Waals surface area contributed by atoms with Gasteiger partial charge in [0.05, 0.1) is 32.1 Å². The van der Waals surface area contributed by atoms with Crippen LogP contribution in [0, 0.1) is 0 Å². The third-order valence-electron chi connectivity index (χ3n) is 3.56. The lowest BCUT2D eigenvalue weighted by Gasteiger charge is -2.32. The SMILES string of the molecule is CS(=O)(=O)NCC(=O)N[C@@H]1COCC[C@H]1Oc1ccc(C(N)=O)cc1. The summed E-state index contributed by atoms with van der Waals surface area (Å²) in [5.41, 5.74) is 5.56. The van der Waals surface area contributed by atoms with Crippen molar-refractivity contribution >= 4 is 21.8 Å². The predicted octanol–water partition coefficient (Wildman–Crippen LogP) is -1.01. The van der Waals surface area contributed by atoms with E-state index in [4.69, 9.17) is 15.2 Å². The summed E-state index contributed by atoms with van der Waals surface area (Å²) in [5, 5.41) is 2.70. The Morgan fingerprint density at radius 1 is 1.32 bits per heavy atom. The topological polar surface area (TPSA) is 137 Å². The number of sulfonamides is 1. The molecule has 4 N–H and O–H groups in total. The van der Waals surface area contributed by atoms with Crippen LogP contribution in [0.5, 0.6) is 5.75 Å². The average Bonchev–Trinajstić information content (AvgIpc) is 2.55. The number of hydrogen-bond acceptors (Lipinski definition) is 6. The monoisotopic (exact) mass is 371 g/mol. The van der Waals surface area contributed by atoms with Crippen LogP contribution in [0.3, 0.4) is 0 Å². The van der Waals surface area contributed by atoms with E-state index in [0.717, 1.165) is 6.26 Å². The molecule has 2 amide bonds. The Bertz CT molecular complexity index is 719. The Balaban J connectivity index is 1.95. The van der Waals surface area contributed by atoms with E-state index in [9.17, 15) is 18.0 Å². The normalized spacial score (nSPS) is 20.7. The lowest BCUT2D eigenvalue weighted by atomic mass is 10.1. The van der Waals surface area contributed by atoms with Crippen molar-refractivity contribution in [1.29, 1.82) is 0 Å². The molecule has 2 atom stereocenters. The van der Waals surface area contributed by atoms with Crippen LogP contribution >= 0.6 is 0 Å². The Hall–Kier alpha value is -2.17. The summed E-state index contributed by atoms with van der Waals surface area (Å²) in [6.07, 6.45) is 1.20. The third kappa shape index (κ3) is 6.33. The van der Waals surface area contributed by atoms with E-state index in [1.54, 1.807) is 24.3 Å². The lowest BCUT2D eigenvalue weighted by molar-refractivity contribution is -0.123. The van der Waals surface area contributed by atoms with Crippen LogP contribution in [-0.2, 0) is 19.6 Å². The minimum Gasteiger partial charge on any atom is -0.488 e. The number of hydrogen-bond donors (Lipinski definition) is 3. The molecule has 2 rings (SSSR count). The molecule has 0 saturated carbocycles. The van der Waals surface area contributed by atoms with Gasteiger partial charge in [0.25, 0.3) is 0 Å². The molecule has 0 bridgehead atoms. The van der Waals surface area contributed by atoms with E-state index in [0.29, 0.717) is 24.3 Å². The van der Waals surface area contributed by atoms with E-state index in [1.165, 1.54) is 0 Å². The molecule has 25 heavy (non-hydrogen) atoms. The largest absolute Gasteiger partial charge is 0.488 e. The van der Waals surface area contributed by atoms with Gasteiger partial charge >= 0.3 is 0 Å². The van der Waals surface area contributed by atoms with Crippen LogP contribution in [0.25, 0.3) is 0 Å². The zero-order chi connectivity index (χ0) is 18.4. The maximum atomic E-state index is 11.9. The first-order chi connectivity index (χ1) is 11.7. The van der Waals surface area contributed by atoms with Gasteiger partial charge in [0.2, 0.25) is 21.8 Å². The molecule has 1 aromatic carbocycles. The van der Waals surface area contributed by atoms with Crippen LogP contribution < -0.4 is 20.5 Å². The lowest BCUT2D eigenvalue weighted by Crippen LogP contribution is -2.53. The summed E-state index contributed by atoms with van der Waals surface area (Å²) in [5.74, 6) is -0.467. The van der Waals surface area contributed by atoms with E-state index in [2.05, 4.69) is 10.0 Å². The number of carbonyl (C=O) groups excluding carboxylic acids is 2. The summed E-state index contributed by atoms with van der Waals surface area (Å²) in [6.45, 7) is 0.391. The van der Waals surface area contributed by atoms with Crippen molar-refractivity contribution < 1.29 is 27.5 Å². The van der Waals surface area contributed by atoms with Gasteiger partial charge in [-0.3, -0.25) is 9.59 Å². The number of primary amides is 1. The van der Waals surface area contributed by atoms with Gasteiger partial charge in [0.15, 0.2) is 0 Å². The molecule has 0 unspecified atom stereocenters. The number of rotatable bonds is 7. The van der Waals surface area contributed by atoms with E-state index >= 15 is 0 Å². The molecule has 1 aromatic rings. The quantitative estimate of drug-likeness (QED) is 0.561. The third-order valence-corrected chi connectivity index (χ3v) is 4.23. The second-order valence-electron chi connectivity index (χ2n) is 5.68. The smallest absolute Gasteiger partial charge is 0.248 e. The first-order valence-corrected chi connectivity index (χ1v) is 9.52. The summed E-state index contributed by atoms with van der Waals surface area (Å²) in [7, 11) is -3.44. The number of nitrogens with two attached hydrogens (primary N) is 1. The number of nitrogens with one attached hydrogen (secondary N) is 2. The molecule has 1 aliphatic heterocycles. The van der Waals surface area contributed by atoms with Crippen LogP contribution in [0.1, 0.15) is 16.8 Å². The molecule has 9 nitrogen and oxygen atoms in total. The van der Waals surface area contributed by atoms with Crippen molar-refractivity contribution in [2.45, 2.75) is 18.6 Å². The Labute approximate surface area is 145 Å². The minimum absolute atomic E-state index is 0.259. The molecule has 1 heterocycles. The van der Waals surface area contributed by atoms with Gasteiger partial charge in [-0.15, -0.1) is 0 Å². The Kier molecular flexibility index (Phi) is 6.34. The first-order valence-electron chi connectivity index (χ1n) is 7.63. The van der Waals surface area contributed by atoms with Crippen molar-refractivity contribution in [3.8, 4) is 5.75 Å². The fraction of sp³-hybridized carbons (Fsp3) is 0.467. The van der Waals surface area contributed by atoms with Crippen LogP contribution in [-0.4, -0.2) is 58.4 Å². The molecule has 0 aliphatic carbocycles. The summed E-state index contributed by atoms with van der Waals surface area (Å²) < 4.78 is 35.4. The fourth-order valence-electron chi connectivity index (χ4n) is 2.32. The Morgan fingerprint density at radius 2 is 2.00 bits per heavy atom. The van der Waals surface area contributed by atoms with Crippen molar-refractivity contribution in [3.63, 3.8) is 0 Å². The van der Waals surface area contributed by atoms with Crippen LogP contribution in [0.15, 0.2) is 24.3 Å². The molecular weight excluding hydrogens is 350 g/mol. The molecule has 1 fully saturated rings. The van der Waals surface area contributed by atoms with Gasteiger partial charge in [-0.1, -0.05) is 0 Å². The summed E-state index contributed by atoms with van der Waals surface area (Å²) in [4.78, 5) is 23.0. The molecule has 138 valence electrons. The van der Waals surface area contributed by atoms with E-state index in [1.807, 2.05) is 0 Å². The van der Waals surface area contributed by atoms with Gasteiger partial charge in [0, 0.05) is 12.0 Å². The van der Waals surface area contributed by atoms with Crippen molar-refractivity contribution in [3.05, 3.63) is 29.8 Å². The molecule has 0 aromatic heterocycles. The molecular formula is C15H21N3O6S. The zero-order valence-electron chi connectivity index (χ0n) is 13.7. The molecule has 10 heteroatoms. The van der Waals surface area contributed by atoms with Gasteiger partial charge in [-0.05, 0) is 24.3 Å². The second-order valence-corrected chi connectivity index (χ2v) is 7.51. The highest BCUT2D eigenvalue weighted by Gasteiger charge is 2.29. The van der Waals surface area contributed by atoms with Gasteiger partial charge in [-0.25, -0.2) is 13.1 Å². The van der Waals surface area contributed by atoms with E-state index in [-0.39, 0.29) is 19.3 Å². The average molecular weight is 371 g/mol. The standard InChI is InChI=1S/C15H21N3O6S/c1-25(21,22)17-8-14(19)18-12-9-23-7-6-13(12)24-11-4-2-10(3-5-11)15(16)20/h2-5,12-13,17H,6-9H2,1H3,(H2,16,20)(H,18,19)/t12-,13-/m1/s1. The summed E-state index contributed by atoms with van der Waals surface area (Å²) >= 11 is 0. The maximum Gasteiger partial charge on any atom is 0.248 e. The van der Waals surface area contributed by atoms with Gasteiger partial charge in [0.1, 0.15) is 11.9 Å².